The molecule has 0 saturated carbocycles. The fourth-order valence-electron chi connectivity index (χ4n) is 2.11. The molecule has 5 heteroatoms. The summed E-state index contributed by atoms with van der Waals surface area (Å²) in [5.41, 5.74) is 0.817. The van der Waals surface area contributed by atoms with Gasteiger partial charge in [0.2, 0.25) is 5.91 Å². The lowest BCUT2D eigenvalue weighted by atomic mass is 10.2. The quantitative estimate of drug-likeness (QED) is 0.891. The maximum absolute atomic E-state index is 12.1. The number of hydrogen-bond donors (Lipinski definition) is 1. The summed E-state index contributed by atoms with van der Waals surface area (Å²) in [4.78, 5) is 16.1. The van der Waals surface area contributed by atoms with E-state index in [1.54, 1.807) is 4.90 Å². The Morgan fingerprint density at radius 3 is 2.78 bits per heavy atom. The Morgan fingerprint density at radius 1 is 1.33 bits per heavy atom. The first-order valence-corrected chi connectivity index (χ1v) is 6.52. The van der Waals surface area contributed by atoms with Gasteiger partial charge in [0.1, 0.15) is 0 Å². The zero-order valence-corrected chi connectivity index (χ0v) is 11.3. The van der Waals surface area contributed by atoms with Crippen LogP contribution >= 0.6 is 11.6 Å². The second-order valence-electron chi connectivity index (χ2n) is 4.38. The molecule has 0 aromatic heterocycles. The number of rotatable bonds is 4. The number of para-hydroxylation sites is 1. The number of likely N-dealkylation sites (N-methyl/N-ethyl adjacent to an activating group) is 1. The molecule has 0 spiro atoms. The molecule has 1 fully saturated rings. The van der Waals surface area contributed by atoms with Gasteiger partial charge in [-0.2, -0.15) is 0 Å². The largest absolute Gasteiger partial charge is 0.318 e. The Hall–Kier alpha value is -1.10. The Morgan fingerprint density at radius 2 is 2.11 bits per heavy atom. The van der Waals surface area contributed by atoms with Crippen LogP contribution < -0.4 is 10.2 Å². The normalized spacial score (nSPS) is 17.2. The number of nitrogens with one attached hydrogen (secondary N) is 1. The predicted octanol–water partition coefficient (Wildman–Crippen LogP) is 1.21. The molecule has 0 unspecified atom stereocenters. The molecule has 1 aromatic carbocycles. The van der Waals surface area contributed by atoms with E-state index in [0.717, 1.165) is 25.3 Å². The molecule has 0 bridgehead atoms. The van der Waals surface area contributed by atoms with Crippen LogP contribution in [0.1, 0.15) is 0 Å². The van der Waals surface area contributed by atoms with Crippen molar-refractivity contribution >= 4 is 23.2 Å². The van der Waals surface area contributed by atoms with E-state index in [2.05, 4.69) is 10.2 Å². The molecule has 0 aliphatic carbocycles. The molecule has 1 N–H and O–H groups in total. The van der Waals surface area contributed by atoms with Crippen LogP contribution in [0.4, 0.5) is 5.69 Å². The molecule has 1 aliphatic heterocycles. The standard InChI is InChI=1S/C13H18ClN3O/c1-15-6-7-16-8-9-17(13(18)10-16)12-5-3-2-4-11(12)14/h2-5,15H,6-10H2,1H3. The highest BCUT2D eigenvalue weighted by Gasteiger charge is 2.25. The number of nitrogens with zero attached hydrogens (tertiary/aromatic N) is 2. The smallest absolute Gasteiger partial charge is 0.241 e. The fourth-order valence-corrected chi connectivity index (χ4v) is 2.35. The minimum absolute atomic E-state index is 0.116. The van der Waals surface area contributed by atoms with E-state index in [9.17, 15) is 4.79 Å². The minimum Gasteiger partial charge on any atom is -0.318 e. The van der Waals surface area contributed by atoms with Crippen molar-refractivity contribution in [2.24, 2.45) is 0 Å². The lowest BCUT2D eigenvalue weighted by Crippen LogP contribution is -2.51. The molecule has 2 rings (SSSR count). The van der Waals surface area contributed by atoms with Gasteiger partial charge in [-0.1, -0.05) is 23.7 Å². The van der Waals surface area contributed by atoms with Crippen LogP contribution in [-0.4, -0.2) is 50.6 Å². The highest BCUT2D eigenvalue weighted by Crippen LogP contribution is 2.26. The van der Waals surface area contributed by atoms with E-state index >= 15 is 0 Å². The van der Waals surface area contributed by atoms with Crippen LogP contribution in [0.3, 0.4) is 0 Å². The van der Waals surface area contributed by atoms with Crippen molar-refractivity contribution in [2.75, 3.05) is 44.7 Å². The molecule has 1 aromatic rings. The van der Waals surface area contributed by atoms with Gasteiger partial charge in [0.05, 0.1) is 17.3 Å². The topological polar surface area (TPSA) is 35.6 Å². The number of carbonyl (C=O) groups is 1. The fraction of sp³-hybridized carbons (Fsp3) is 0.462. The molecule has 1 heterocycles. The Labute approximate surface area is 113 Å². The summed E-state index contributed by atoms with van der Waals surface area (Å²) in [7, 11) is 1.92. The number of hydrogen-bond acceptors (Lipinski definition) is 3. The van der Waals surface area contributed by atoms with Gasteiger partial charge >= 0.3 is 0 Å². The maximum atomic E-state index is 12.1. The summed E-state index contributed by atoms with van der Waals surface area (Å²) in [6.45, 7) is 3.86. The van der Waals surface area contributed by atoms with Crippen LogP contribution in [0.2, 0.25) is 5.02 Å². The van der Waals surface area contributed by atoms with Gasteiger partial charge in [-0.15, -0.1) is 0 Å². The van der Waals surface area contributed by atoms with E-state index < -0.39 is 0 Å². The Bertz CT molecular complexity index is 424. The van der Waals surface area contributed by atoms with Crippen molar-refractivity contribution in [1.29, 1.82) is 0 Å². The van der Waals surface area contributed by atoms with E-state index in [0.29, 0.717) is 18.1 Å². The SMILES string of the molecule is CNCCN1CCN(c2ccccc2Cl)C(=O)C1. The zero-order valence-electron chi connectivity index (χ0n) is 10.5. The molecular weight excluding hydrogens is 250 g/mol. The van der Waals surface area contributed by atoms with Crippen molar-refractivity contribution in [3.05, 3.63) is 29.3 Å². The number of anilines is 1. The highest BCUT2D eigenvalue weighted by molar-refractivity contribution is 6.33. The van der Waals surface area contributed by atoms with Gasteiger partial charge in [0, 0.05) is 26.2 Å². The summed E-state index contributed by atoms with van der Waals surface area (Å²) in [6.07, 6.45) is 0. The molecule has 1 aliphatic rings. The lowest BCUT2D eigenvalue weighted by Gasteiger charge is -2.34. The zero-order chi connectivity index (χ0) is 13.0. The van der Waals surface area contributed by atoms with E-state index in [-0.39, 0.29) is 5.91 Å². The maximum Gasteiger partial charge on any atom is 0.241 e. The van der Waals surface area contributed by atoms with Crippen molar-refractivity contribution in [1.82, 2.24) is 10.2 Å². The summed E-state index contributed by atoms with van der Waals surface area (Å²) in [5, 5.41) is 3.73. The number of halogens is 1. The average molecular weight is 268 g/mol. The van der Waals surface area contributed by atoms with E-state index in [1.165, 1.54) is 0 Å². The minimum atomic E-state index is 0.116. The van der Waals surface area contributed by atoms with Gasteiger partial charge in [0.25, 0.3) is 0 Å². The third kappa shape index (κ3) is 3.02. The van der Waals surface area contributed by atoms with Crippen molar-refractivity contribution in [3.63, 3.8) is 0 Å². The highest BCUT2D eigenvalue weighted by atomic mass is 35.5. The first-order valence-electron chi connectivity index (χ1n) is 6.14. The van der Waals surface area contributed by atoms with Crippen LogP contribution in [-0.2, 0) is 4.79 Å². The van der Waals surface area contributed by atoms with Crippen molar-refractivity contribution < 1.29 is 4.79 Å². The number of piperazine rings is 1. The number of carbonyl (C=O) groups excluding carboxylic acids is 1. The summed E-state index contributed by atoms with van der Waals surface area (Å²) in [6, 6.07) is 7.49. The van der Waals surface area contributed by atoms with Gasteiger partial charge < -0.3 is 10.2 Å². The third-order valence-electron chi connectivity index (χ3n) is 3.12. The van der Waals surface area contributed by atoms with Crippen LogP contribution in [0.15, 0.2) is 24.3 Å². The predicted molar refractivity (Wildman–Crippen MR) is 74.2 cm³/mol. The summed E-state index contributed by atoms with van der Waals surface area (Å²) < 4.78 is 0. The molecule has 0 radical (unpaired) electrons. The first-order chi connectivity index (χ1) is 8.72. The molecule has 1 amide bonds. The van der Waals surface area contributed by atoms with Gasteiger partial charge in [-0.3, -0.25) is 9.69 Å². The van der Waals surface area contributed by atoms with Gasteiger partial charge in [-0.05, 0) is 19.2 Å². The van der Waals surface area contributed by atoms with E-state index in [1.807, 2.05) is 31.3 Å². The third-order valence-corrected chi connectivity index (χ3v) is 3.44. The number of benzene rings is 1. The second kappa shape index (κ2) is 6.18. The van der Waals surface area contributed by atoms with Crippen molar-refractivity contribution in [3.8, 4) is 0 Å². The molecule has 0 atom stereocenters. The average Bonchev–Trinajstić information content (AvgIpc) is 2.38. The molecule has 18 heavy (non-hydrogen) atoms. The Kier molecular flexibility index (Phi) is 4.58. The molecule has 98 valence electrons. The first kappa shape index (κ1) is 13.3. The second-order valence-corrected chi connectivity index (χ2v) is 4.78. The monoisotopic (exact) mass is 267 g/mol. The molecule has 4 nitrogen and oxygen atoms in total. The van der Waals surface area contributed by atoms with Crippen LogP contribution in [0.25, 0.3) is 0 Å². The molecular formula is C13H18ClN3O. The van der Waals surface area contributed by atoms with Gasteiger partial charge in [-0.25, -0.2) is 0 Å². The Balaban J connectivity index is 2.02. The lowest BCUT2D eigenvalue weighted by molar-refractivity contribution is -0.121. The van der Waals surface area contributed by atoms with Crippen LogP contribution in [0.5, 0.6) is 0 Å². The van der Waals surface area contributed by atoms with E-state index in [4.69, 9.17) is 11.6 Å². The van der Waals surface area contributed by atoms with Crippen molar-refractivity contribution in [2.45, 2.75) is 0 Å². The summed E-state index contributed by atoms with van der Waals surface area (Å²) >= 11 is 6.13. The van der Waals surface area contributed by atoms with Gasteiger partial charge in [0.15, 0.2) is 0 Å². The number of amides is 1. The molecule has 1 saturated heterocycles. The summed E-state index contributed by atoms with van der Waals surface area (Å²) in [5.74, 6) is 0.116. The van der Waals surface area contributed by atoms with Crippen LogP contribution in [0, 0.1) is 0 Å².